The third-order valence-corrected chi connectivity index (χ3v) is 3.85. The summed E-state index contributed by atoms with van der Waals surface area (Å²) in [6, 6.07) is 16.5. The van der Waals surface area contributed by atoms with Crippen LogP contribution in [0.2, 0.25) is 0 Å². The van der Waals surface area contributed by atoms with Crippen LogP contribution in [0.1, 0.15) is 11.1 Å². The van der Waals surface area contributed by atoms with E-state index in [-0.39, 0.29) is 7.93 Å². The van der Waals surface area contributed by atoms with E-state index in [0.29, 0.717) is 0 Å². The lowest BCUT2D eigenvalue weighted by Crippen LogP contribution is -2.04. The first-order valence-electron chi connectivity index (χ1n) is 5.41. The molecule has 2 aromatic carbocycles. The molecule has 1 unspecified atom stereocenters. The summed E-state index contributed by atoms with van der Waals surface area (Å²) in [5, 5.41) is 1.07. The molecule has 0 heterocycles. The fourth-order valence-electron chi connectivity index (χ4n) is 1.86. The molecule has 2 aromatic rings. The second-order valence-corrected chi connectivity index (χ2v) is 5.05. The minimum atomic E-state index is 0.240. The lowest BCUT2D eigenvalue weighted by molar-refractivity contribution is 0.414. The van der Waals surface area contributed by atoms with Crippen LogP contribution in [0.3, 0.4) is 0 Å². The van der Waals surface area contributed by atoms with Gasteiger partial charge in [0.15, 0.2) is 0 Å². The summed E-state index contributed by atoms with van der Waals surface area (Å²) in [6.45, 7) is 0. The maximum Gasteiger partial charge on any atom is 0.130 e. The fraction of sp³-hybridized carbons (Fsp3) is 0.143. The maximum absolute atomic E-state index is 5.93. The smallest absolute Gasteiger partial charge is 0.130 e. The first-order chi connectivity index (χ1) is 8.35. The van der Waals surface area contributed by atoms with Crippen molar-refractivity contribution < 1.29 is 4.74 Å². The molecule has 0 radical (unpaired) electrons. The van der Waals surface area contributed by atoms with Gasteiger partial charge >= 0.3 is 0 Å². The van der Waals surface area contributed by atoms with Crippen molar-refractivity contribution in [1.29, 1.82) is 0 Å². The van der Waals surface area contributed by atoms with E-state index in [1.54, 1.807) is 7.11 Å². The van der Waals surface area contributed by atoms with Crippen molar-refractivity contribution in [3.63, 3.8) is 0 Å². The average molecular weight is 265 g/mol. The van der Waals surface area contributed by atoms with E-state index in [1.807, 2.05) is 18.2 Å². The Bertz CT molecular complexity index is 485. The molecule has 88 valence electrons. The number of hydrogen-bond acceptors (Lipinski definition) is 1. The quantitative estimate of drug-likeness (QED) is 0.765. The van der Waals surface area contributed by atoms with Crippen molar-refractivity contribution in [3.8, 4) is 5.75 Å². The Morgan fingerprint density at radius 1 is 1.06 bits per heavy atom. The molecule has 1 atom stereocenters. The highest BCUT2D eigenvalue weighted by atomic mass is 35.7. The number of rotatable bonds is 4. The summed E-state index contributed by atoms with van der Waals surface area (Å²) in [5.74, 6) is 0.921. The third kappa shape index (κ3) is 3.00. The molecule has 0 aliphatic carbocycles. The van der Waals surface area contributed by atoms with Gasteiger partial charge in [0.25, 0.3) is 0 Å². The van der Waals surface area contributed by atoms with Crippen molar-refractivity contribution in [3.05, 3.63) is 59.7 Å². The van der Waals surface area contributed by atoms with Gasteiger partial charge in [-0.15, -0.1) is 0 Å². The maximum atomic E-state index is 5.93. The molecule has 0 aromatic heterocycles. The van der Waals surface area contributed by atoms with E-state index in [1.165, 1.54) is 11.1 Å². The van der Waals surface area contributed by atoms with E-state index in [9.17, 15) is 0 Å². The third-order valence-electron chi connectivity index (χ3n) is 2.64. The second-order valence-electron chi connectivity index (χ2n) is 3.75. The molecule has 0 fully saturated rings. The van der Waals surface area contributed by atoms with E-state index in [2.05, 4.69) is 30.3 Å². The van der Waals surface area contributed by atoms with Crippen LogP contribution in [0.25, 0.3) is 0 Å². The Balaban J connectivity index is 2.33. The van der Waals surface area contributed by atoms with Crippen LogP contribution in [0.15, 0.2) is 48.5 Å². The van der Waals surface area contributed by atoms with E-state index in [4.69, 9.17) is 16.0 Å². The minimum absolute atomic E-state index is 0.240. The van der Waals surface area contributed by atoms with Gasteiger partial charge in [0.2, 0.25) is 0 Å². The largest absolute Gasteiger partial charge is 0.496 e. The predicted molar refractivity (Wildman–Crippen MR) is 76.0 cm³/mol. The second kappa shape index (κ2) is 6.05. The zero-order valence-electron chi connectivity index (χ0n) is 9.61. The molecule has 1 nitrogen and oxygen atoms in total. The molecular weight excluding hydrogens is 251 g/mol. The lowest BCUT2D eigenvalue weighted by atomic mass is 10.0. The van der Waals surface area contributed by atoms with Gasteiger partial charge in [0.05, 0.1) is 7.11 Å². The van der Waals surface area contributed by atoms with Crippen LogP contribution in [0, 0.1) is 0 Å². The molecule has 0 saturated carbocycles. The van der Waals surface area contributed by atoms with Crippen LogP contribution >= 0.6 is 19.2 Å². The van der Waals surface area contributed by atoms with Crippen LogP contribution in [0.4, 0.5) is 0 Å². The Morgan fingerprint density at radius 3 is 2.47 bits per heavy atom. The van der Waals surface area contributed by atoms with Crippen molar-refractivity contribution in [1.82, 2.24) is 0 Å². The van der Waals surface area contributed by atoms with Crippen LogP contribution in [-0.4, -0.2) is 7.11 Å². The molecule has 0 saturated heterocycles. The van der Waals surface area contributed by atoms with Gasteiger partial charge in [-0.3, -0.25) is 0 Å². The highest BCUT2D eigenvalue weighted by molar-refractivity contribution is 7.75. The predicted octanol–water partition coefficient (Wildman–Crippen LogP) is 3.74. The number of ether oxygens (including phenoxy) is 1. The van der Waals surface area contributed by atoms with Crippen molar-refractivity contribution in [2.45, 2.75) is 6.42 Å². The summed E-state index contributed by atoms with van der Waals surface area (Å²) in [5.41, 5.74) is 2.46. The van der Waals surface area contributed by atoms with E-state index >= 15 is 0 Å². The van der Waals surface area contributed by atoms with Crippen LogP contribution < -0.4 is 10.0 Å². The summed E-state index contributed by atoms with van der Waals surface area (Å²) in [7, 11) is 1.94. The Morgan fingerprint density at radius 2 is 1.82 bits per heavy atom. The molecule has 0 aliphatic rings. The van der Waals surface area contributed by atoms with E-state index in [0.717, 1.165) is 17.5 Å². The SMILES string of the molecule is COc1c(Cc2ccccc2)cccc1PCl. The minimum Gasteiger partial charge on any atom is -0.496 e. The summed E-state index contributed by atoms with van der Waals surface area (Å²) in [4.78, 5) is 0. The Hall–Kier alpha value is -1.04. The standard InChI is InChI=1S/C14H14ClOP/c1-16-14-12(8-5-9-13(14)17-15)10-11-6-3-2-4-7-11/h2-9,17H,10H2,1H3. The van der Waals surface area contributed by atoms with Gasteiger partial charge in [0.1, 0.15) is 5.75 Å². The molecular formula is C14H14ClOP. The summed E-state index contributed by atoms with van der Waals surface area (Å²) >= 11 is 5.93. The molecule has 0 N–H and O–H groups in total. The Labute approximate surface area is 108 Å². The molecule has 17 heavy (non-hydrogen) atoms. The van der Waals surface area contributed by atoms with Gasteiger partial charge in [-0.05, 0) is 17.2 Å². The van der Waals surface area contributed by atoms with Gasteiger partial charge in [-0.25, -0.2) is 0 Å². The molecule has 0 spiro atoms. The highest BCUT2D eigenvalue weighted by Crippen LogP contribution is 2.27. The zero-order chi connectivity index (χ0) is 12.1. The van der Waals surface area contributed by atoms with Crippen LogP contribution in [-0.2, 0) is 6.42 Å². The van der Waals surface area contributed by atoms with Gasteiger partial charge in [0, 0.05) is 19.7 Å². The first-order valence-corrected chi connectivity index (χ1v) is 7.43. The zero-order valence-corrected chi connectivity index (χ0v) is 11.4. The molecule has 0 bridgehead atoms. The van der Waals surface area contributed by atoms with Gasteiger partial charge in [-0.2, -0.15) is 0 Å². The summed E-state index contributed by atoms with van der Waals surface area (Å²) in [6.07, 6.45) is 0.874. The van der Waals surface area contributed by atoms with Crippen LogP contribution in [0.5, 0.6) is 5.75 Å². The Kier molecular flexibility index (Phi) is 4.42. The molecule has 2 rings (SSSR count). The highest BCUT2D eigenvalue weighted by Gasteiger charge is 2.08. The fourth-order valence-corrected chi connectivity index (χ4v) is 2.81. The van der Waals surface area contributed by atoms with Crippen molar-refractivity contribution in [2.75, 3.05) is 7.11 Å². The number of methoxy groups -OCH3 is 1. The topological polar surface area (TPSA) is 9.23 Å². The molecule has 0 amide bonds. The van der Waals surface area contributed by atoms with Gasteiger partial charge < -0.3 is 4.74 Å². The van der Waals surface area contributed by atoms with E-state index < -0.39 is 0 Å². The van der Waals surface area contributed by atoms with Gasteiger partial charge in [-0.1, -0.05) is 53.7 Å². The number of benzene rings is 2. The average Bonchev–Trinajstić information content (AvgIpc) is 2.39. The van der Waals surface area contributed by atoms with Crippen molar-refractivity contribution in [2.24, 2.45) is 0 Å². The number of hydrogen-bond donors (Lipinski definition) is 0. The number of para-hydroxylation sites is 1. The lowest BCUT2D eigenvalue weighted by Gasteiger charge is -2.11. The first kappa shape index (κ1) is 12.4. The monoisotopic (exact) mass is 264 g/mol. The van der Waals surface area contributed by atoms with Crippen molar-refractivity contribution >= 4 is 24.5 Å². The summed E-state index contributed by atoms with van der Waals surface area (Å²) < 4.78 is 5.46. The molecule has 0 aliphatic heterocycles. The number of halogens is 1. The normalized spacial score (nSPS) is 10.9. The molecule has 3 heteroatoms.